The molecule has 0 saturated carbocycles. The van der Waals surface area contributed by atoms with Gasteiger partial charge in [0.15, 0.2) is 0 Å². The number of thioether (sulfide) groups is 1. The predicted octanol–water partition coefficient (Wildman–Crippen LogP) is 3.93. The van der Waals surface area contributed by atoms with E-state index >= 15 is 0 Å². The number of carbonyl (C=O) groups excluding carboxylic acids is 1. The molecule has 6 nitrogen and oxygen atoms in total. The molecule has 1 amide bonds. The summed E-state index contributed by atoms with van der Waals surface area (Å²) in [5, 5.41) is 12.2. The van der Waals surface area contributed by atoms with Crippen molar-refractivity contribution in [2.24, 2.45) is 0 Å². The molecule has 27 heavy (non-hydrogen) atoms. The highest BCUT2D eigenvalue weighted by atomic mass is 32.2. The van der Waals surface area contributed by atoms with Gasteiger partial charge in [0.1, 0.15) is 0 Å². The molecule has 0 radical (unpaired) electrons. The highest BCUT2D eigenvalue weighted by Gasteiger charge is 2.23. The van der Waals surface area contributed by atoms with Crippen LogP contribution in [0.5, 0.6) is 0 Å². The fourth-order valence-corrected chi connectivity index (χ4v) is 3.58. The van der Waals surface area contributed by atoms with Crippen LogP contribution in [0.25, 0.3) is 5.69 Å². The first-order chi connectivity index (χ1) is 13.0. The van der Waals surface area contributed by atoms with Crippen LogP contribution in [0.4, 0.5) is 5.69 Å². The molecule has 0 N–H and O–H groups in total. The molecule has 140 valence electrons. The Morgan fingerprint density at radius 3 is 2.33 bits per heavy atom. The van der Waals surface area contributed by atoms with Crippen LogP contribution in [0.1, 0.15) is 32.3 Å². The molecule has 3 rings (SSSR count). The highest BCUT2D eigenvalue weighted by Crippen LogP contribution is 2.26. The SMILES string of the molecule is CC(C)c1ccc(-n2nnnc2S[C@@H](C)C(=O)N(C)c2ccccc2)cc1. The van der Waals surface area contributed by atoms with Crippen molar-refractivity contribution < 1.29 is 4.79 Å². The fourth-order valence-electron chi connectivity index (χ4n) is 2.67. The van der Waals surface area contributed by atoms with Gasteiger partial charge in [-0.3, -0.25) is 4.79 Å². The van der Waals surface area contributed by atoms with Crippen LogP contribution < -0.4 is 4.90 Å². The molecule has 7 heteroatoms. The smallest absolute Gasteiger partial charge is 0.240 e. The molecule has 0 saturated heterocycles. The molecule has 0 spiro atoms. The Morgan fingerprint density at radius 2 is 1.70 bits per heavy atom. The summed E-state index contributed by atoms with van der Waals surface area (Å²) in [5.74, 6) is 0.462. The molecule has 3 aromatic rings. The number of para-hydroxylation sites is 1. The molecule has 0 aliphatic rings. The van der Waals surface area contributed by atoms with Crippen molar-refractivity contribution in [3.05, 3.63) is 60.2 Å². The standard InChI is InChI=1S/C20H23N5OS/c1-14(2)16-10-12-18(13-11-16)25-20(21-22-23-25)27-15(3)19(26)24(4)17-8-6-5-7-9-17/h5-15H,1-4H3/t15-/m0/s1. The van der Waals surface area contributed by atoms with Crippen LogP contribution >= 0.6 is 11.8 Å². The third-order valence-corrected chi connectivity index (χ3v) is 5.37. The summed E-state index contributed by atoms with van der Waals surface area (Å²) in [6, 6.07) is 17.7. The van der Waals surface area contributed by atoms with Gasteiger partial charge in [-0.2, -0.15) is 4.68 Å². The second-order valence-electron chi connectivity index (χ2n) is 6.61. The van der Waals surface area contributed by atoms with Gasteiger partial charge in [0.25, 0.3) is 0 Å². The molecule has 1 heterocycles. The van der Waals surface area contributed by atoms with Gasteiger partial charge in [-0.05, 0) is 53.1 Å². The van der Waals surface area contributed by atoms with E-state index in [0.29, 0.717) is 11.1 Å². The second-order valence-corrected chi connectivity index (χ2v) is 7.92. The third kappa shape index (κ3) is 4.36. The van der Waals surface area contributed by atoms with E-state index in [4.69, 9.17) is 0 Å². The lowest BCUT2D eigenvalue weighted by Gasteiger charge is -2.20. The van der Waals surface area contributed by atoms with Crippen LogP contribution in [-0.2, 0) is 4.79 Å². The number of hydrogen-bond acceptors (Lipinski definition) is 5. The second kappa shape index (κ2) is 8.35. The van der Waals surface area contributed by atoms with E-state index in [0.717, 1.165) is 11.4 Å². The van der Waals surface area contributed by atoms with E-state index in [1.807, 2.05) is 49.4 Å². The van der Waals surface area contributed by atoms with E-state index in [1.165, 1.54) is 17.3 Å². The average Bonchev–Trinajstić information content (AvgIpc) is 3.15. The largest absolute Gasteiger partial charge is 0.315 e. The molecule has 0 aliphatic heterocycles. The lowest BCUT2D eigenvalue weighted by molar-refractivity contribution is -0.117. The molecular formula is C20H23N5OS. The lowest BCUT2D eigenvalue weighted by Crippen LogP contribution is -2.33. The van der Waals surface area contributed by atoms with Crippen molar-refractivity contribution in [2.75, 3.05) is 11.9 Å². The molecule has 1 aromatic heterocycles. The average molecular weight is 382 g/mol. The van der Waals surface area contributed by atoms with Crippen LogP contribution in [0.15, 0.2) is 59.8 Å². The van der Waals surface area contributed by atoms with Crippen LogP contribution in [0.3, 0.4) is 0 Å². The van der Waals surface area contributed by atoms with Crippen molar-refractivity contribution in [3.8, 4) is 5.69 Å². The van der Waals surface area contributed by atoms with Crippen LogP contribution in [0, 0.1) is 0 Å². The molecular weight excluding hydrogens is 358 g/mol. The first-order valence-electron chi connectivity index (χ1n) is 8.85. The summed E-state index contributed by atoms with van der Waals surface area (Å²) >= 11 is 1.35. The maximum atomic E-state index is 12.8. The number of amides is 1. The zero-order chi connectivity index (χ0) is 19.4. The van der Waals surface area contributed by atoms with Crippen molar-refractivity contribution >= 4 is 23.4 Å². The van der Waals surface area contributed by atoms with Crippen molar-refractivity contribution in [1.29, 1.82) is 0 Å². The number of aromatic nitrogens is 4. The van der Waals surface area contributed by atoms with E-state index in [9.17, 15) is 4.79 Å². The first kappa shape index (κ1) is 19.1. The molecule has 0 fully saturated rings. The third-order valence-electron chi connectivity index (χ3n) is 4.35. The van der Waals surface area contributed by atoms with Gasteiger partial charge in [0, 0.05) is 12.7 Å². The van der Waals surface area contributed by atoms with Gasteiger partial charge >= 0.3 is 0 Å². The molecule has 0 unspecified atom stereocenters. The number of rotatable bonds is 6. The zero-order valence-corrected chi connectivity index (χ0v) is 16.7. The van der Waals surface area contributed by atoms with Gasteiger partial charge in [0.2, 0.25) is 11.1 Å². The molecule has 0 aliphatic carbocycles. The van der Waals surface area contributed by atoms with E-state index < -0.39 is 0 Å². The van der Waals surface area contributed by atoms with E-state index in [-0.39, 0.29) is 11.2 Å². The zero-order valence-electron chi connectivity index (χ0n) is 15.9. The monoisotopic (exact) mass is 381 g/mol. The molecule has 2 aromatic carbocycles. The van der Waals surface area contributed by atoms with E-state index in [1.54, 1.807) is 16.6 Å². The maximum Gasteiger partial charge on any atom is 0.240 e. The maximum absolute atomic E-state index is 12.8. The lowest BCUT2D eigenvalue weighted by atomic mass is 10.0. The number of nitrogens with zero attached hydrogens (tertiary/aromatic N) is 5. The molecule has 0 bridgehead atoms. The van der Waals surface area contributed by atoms with Gasteiger partial charge in [-0.25, -0.2) is 0 Å². The van der Waals surface area contributed by atoms with Gasteiger partial charge < -0.3 is 4.90 Å². The Labute approximate surface area is 163 Å². The van der Waals surface area contributed by atoms with Crippen LogP contribution in [-0.4, -0.2) is 38.4 Å². The molecule has 1 atom stereocenters. The Bertz CT molecular complexity index is 892. The predicted molar refractivity (Wildman–Crippen MR) is 108 cm³/mol. The van der Waals surface area contributed by atoms with Crippen molar-refractivity contribution in [1.82, 2.24) is 20.2 Å². The van der Waals surface area contributed by atoms with Crippen LogP contribution in [0.2, 0.25) is 0 Å². The number of carbonyl (C=O) groups is 1. The minimum absolute atomic E-state index is 0.00379. The first-order valence-corrected chi connectivity index (χ1v) is 9.73. The summed E-state index contributed by atoms with van der Waals surface area (Å²) in [6.07, 6.45) is 0. The topological polar surface area (TPSA) is 63.9 Å². The van der Waals surface area contributed by atoms with Gasteiger partial charge in [0.05, 0.1) is 10.9 Å². The number of benzene rings is 2. The quantitative estimate of drug-likeness (QED) is 0.605. The summed E-state index contributed by atoms with van der Waals surface area (Å²) in [7, 11) is 1.78. The Balaban J connectivity index is 1.75. The van der Waals surface area contributed by atoms with Crippen molar-refractivity contribution in [3.63, 3.8) is 0 Å². The fraction of sp³-hybridized carbons (Fsp3) is 0.300. The van der Waals surface area contributed by atoms with Gasteiger partial charge in [-0.1, -0.05) is 55.9 Å². The van der Waals surface area contributed by atoms with Gasteiger partial charge in [-0.15, -0.1) is 5.10 Å². The summed E-state index contributed by atoms with van der Waals surface area (Å²) in [4.78, 5) is 14.4. The highest BCUT2D eigenvalue weighted by molar-refractivity contribution is 8.00. The Kier molecular flexibility index (Phi) is 5.91. The summed E-state index contributed by atoms with van der Waals surface area (Å²) in [5.41, 5.74) is 3.00. The number of tetrazole rings is 1. The minimum atomic E-state index is -0.324. The summed E-state index contributed by atoms with van der Waals surface area (Å²) < 4.78 is 1.67. The summed E-state index contributed by atoms with van der Waals surface area (Å²) in [6.45, 7) is 6.18. The normalized spacial score (nSPS) is 12.2. The Hall–Kier alpha value is -2.67. The van der Waals surface area contributed by atoms with Crippen molar-refractivity contribution in [2.45, 2.75) is 37.1 Å². The Morgan fingerprint density at radius 1 is 1.04 bits per heavy atom. The number of anilines is 1. The number of hydrogen-bond donors (Lipinski definition) is 0. The van der Waals surface area contributed by atoms with E-state index in [2.05, 4.69) is 41.5 Å². The minimum Gasteiger partial charge on any atom is -0.315 e.